The molecular formula is C31H30O5S. The van der Waals surface area contributed by atoms with E-state index in [1.165, 1.54) is 6.07 Å². The van der Waals surface area contributed by atoms with Crippen LogP contribution in [0, 0.1) is 20.8 Å². The lowest BCUT2D eigenvalue weighted by Crippen LogP contribution is -2.24. The van der Waals surface area contributed by atoms with Crippen LogP contribution in [-0.2, 0) is 25.7 Å². The molecule has 0 heterocycles. The minimum Gasteiger partial charge on any atom is -0.481 e. The fraction of sp³-hybridized carbons (Fsp3) is 0.194. The largest absolute Gasteiger partial charge is 0.481 e. The molecule has 0 fully saturated rings. The van der Waals surface area contributed by atoms with Crippen LogP contribution in [0.5, 0.6) is 0 Å². The van der Waals surface area contributed by atoms with Gasteiger partial charge in [0.1, 0.15) is 0 Å². The van der Waals surface area contributed by atoms with Crippen molar-refractivity contribution in [2.75, 3.05) is 0 Å². The standard InChI is InChI=1S/C31H30O5S/c1-21-14-15-28(37(34,35)36-20-24-17-22(2)16-23(3)18-24)27(19-21)30(31(32)33)29(25-10-6-4-7-11-25)26-12-8-5-9-13-26/h4-19,29-30H,20H2,1-3H3,(H,32,33). The second kappa shape index (κ2) is 11.1. The van der Waals surface area contributed by atoms with E-state index in [0.29, 0.717) is 0 Å². The molecule has 1 unspecified atom stereocenters. The summed E-state index contributed by atoms with van der Waals surface area (Å²) in [6.07, 6.45) is 0. The van der Waals surface area contributed by atoms with Crippen LogP contribution in [-0.4, -0.2) is 19.5 Å². The van der Waals surface area contributed by atoms with E-state index in [9.17, 15) is 18.3 Å². The molecule has 1 atom stereocenters. The molecule has 0 aliphatic carbocycles. The lowest BCUT2D eigenvalue weighted by molar-refractivity contribution is -0.139. The van der Waals surface area contributed by atoms with E-state index in [1.807, 2.05) is 99.6 Å². The average molecular weight is 515 g/mol. The number of benzene rings is 4. The van der Waals surface area contributed by atoms with E-state index in [2.05, 4.69) is 0 Å². The number of carboxylic acid groups (broad SMARTS) is 1. The lowest BCUT2D eigenvalue weighted by atomic mass is 9.77. The van der Waals surface area contributed by atoms with Crippen molar-refractivity contribution in [1.82, 2.24) is 0 Å². The minimum absolute atomic E-state index is 0.133. The highest BCUT2D eigenvalue weighted by molar-refractivity contribution is 7.86. The second-order valence-electron chi connectivity index (χ2n) is 9.37. The predicted molar refractivity (Wildman–Crippen MR) is 144 cm³/mol. The summed E-state index contributed by atoms with van der Waals surface area (Å²) in [4.78, 5) is 12.8. The lowest BCUT2D eigenvalue weighted by Gasteiger charge is -2.27. The van der Waals surface area contributed by atoms with Gasteiger partial charge < -0.3 is 5.11 Å². The molecule has 0 spiro atoms. The summed E-state index contributed by atoms with van der Waals surface area (Å²) in [5, 5.41) is 10.5. The minimum atomic E-state index is -4.27. The number of carbonyl (C=O) groups is 1. The van der Waals surface area contributed by atoms with Crippen molar-refractivity contribution in [3.8, 4) is 0 Å². The van der Waals surface area contributed by atoms with E-state index in [1.54, 1.807) is 12.1 Å². The number of aliphatic carboxylic acids is 1. The van der Waals surface area contributed by atoms with Gasteiger partial charge in [0.15, 0.2) is 0 Å². The topological polar surface area (TPSA) is 80.7 Å². The first-order valence-corrected chi connectivity index (χ1v) is 13.5. The molecule has 0 saturated heterocycles. The zero-order valence-electron chi connectivity index (χ0n) is 21.1. The summed E-state index contributed by atoms with van der Waals surface area (Å²) in [5.41, 5.74) is 5.26. The third-order valence-corrected chi connectivity index (χ3v) is 7.69. The highest BCUT2D eigenvalue weighted by atomic mass is 32.2. The summed E-state index contributed by atoms with van der Waals surface area (Å²) >= 11 is 0. The average Bonchev–Trinajstić information content (AvgIpc) is 2.86. The smallest absolute Gasteiger partial charge is 0.311 e. The molecule has 1 N–H and O–H groups in total. The summed E-state index contributed by atoms with van der Waals surface area (Å²) in [7, 11) is -4.27. The second-order valence-corrected chi connectivity index (χ2v) is 11.0. The third kappa shape index (κ3) is 6.16. The Morgan fingerprint density at radius 1 is 0.757 bits per heavy atom. The maximum absolute atomic E-state index is 13.5. The van der Waals surface area contributed by atoms with Crippen LogP contribution in [0.15, 0.2) is 102 Å². The Balaban J connectivity index is 1.82. The highest BCUT2D eigenvalue weighted by Gasteiger charge is 2.36. The van der Waals surface area contributed by atoms with E-state index in [0.717, 1.165) is 33.4 Å². The predicted octanol–water partition coefficient (Wildman–Crippen LogP) is 6.52. The molecule has 0 amide bonds. The molecule has 4 aromatic carbocycles. The monoisotopic (exact) mass is 514 g/mol. The molecule has 37 heavy (non-hydrogen) atoms. The highest BCUT2D eigenvalue weighted by Crippen LogP contribution is 2.41. The molecular weight excluding hydrogens is 484 g/mol. The zero-order chi connectivity index (χ0) is 26.6. The Labute approximate surface area is 218 Å². The summed E-state index contributed by atoms with van der Waals surface area (Å²) < 4.78 is 32.5. The molecule has 0 aliphatic heterocycles. The van der Waals surface area contributed by atoms with Gasteiger partial charge in [0.25, 0.3) is 10.1 Å². The maximum atomic E-state index is 13.5. The van der Waals surface area contributed by atoms with Gasteiger partial charge in [0.05, 0.1) is 17.4 Å². The van der Waals surface area contributed by atoms with Crippen LogP contribution in [0.1, 0.15) is 50.8 Å². The Hall–Kier alpha value is -3.74. The SMILES string of the molecule is Cc1cc(C)cc(COS(=O)(=O)c2ccc(C)cc2C(C(=O)O)C(c2ccccc2)c2ccccc2)c1. The third-order valence-electron chi connectivity index (χ3n) is 6.35. The van der Waals surface area contributed by atoms with Crippen molar-refractivity contribution in [1.29, 1.82) is 0 Å². The van der Waals surface area contributed by atoms with Crippen molar-refractivity contribution in [3.05, 3.63) is 136 Å². The quantitative estimate of drug-likeness (QED) is 0.257. The van der Waals surface area contributed by atoms with Crippen molar-refractivity contribution >= 4 is 16.1 Å². The number of hydrogen-bond donors (Lipinski definition) is 1. The molecule has 5 nitrogen and oxygen atoms in total. The van der Waals surface area contributed by atoms with Crippen LogP contribution >= 0.6 is 0 Å². The van der Waals surface area contributed by atoms with Crippen LogP contribution in [0.4, 0.5) is 0 Å². The molecule has 0 aliphatic rings. The Morgan fingerprint density at radius 3 is 1.81 bits per heavy atom. The van der Waals surface area contributed by atoms with E-state index in [-0.39, 0.29) is 17.1 Å². The van der Waals surface area contributed by atoms with Gasteiger partial charge in [0.2, 0.25) is 0 Å². The normalized spacial score (nSPS) is 12.4. The van der Waals surface area contributed by atoms with Gasteiger partial charge in [-0.15, -0.1) is 0 Å². The zero-order valence-corrected chi connectivity index (χ0v) is 21.9. The number of carboxylic acids is 1. The maximum Gasteiger partial charge on any atom is 0.311 e. The molecule has 6 heteroatoms. The molecule has 0 aromatic heterocycles. The van der Waals surface area contributed by atoms with Crippen molar-refractivity contribution in [2.45, 2.75) is 44.1 Å². The number of aryl methyl sites for hydroxylation is 3. The van der Waals surface area contributed by atoms with Gasteiger partial charge in [-0.2, -0.15) is 8.42 Å². The summed E-state index contributed by atoms with van der Waals surface area (Å²) in [5.74, 6) is -2.90. The van der Waals surface area contributed by atoms with E-state index >= 15 is 0 Å². The van der Waals surface area contributed by atoms with Gasteiger partial charge in [-0.05, 0) is 49.1 Å². The van der Waals surface area contributed by atoms with Crippen molar-refractivity contribution in [2.24, 2.45) is 0 Å². The molecule has 4 aromatic rings. The number of hydrogen-bond acceptors (Lipinski definition) is 4. The molecule has 0 bridgehead atoms. The van der Waals surface area contributed by atoms with Gasteiger partial charge >= 0.3 is 5.97 Å². The molecule has 0 radical (unpaired) electrons. The van der Waals surface area contributed by atoms with Gasteiger partial charge in [0, 0.05) is 5.92 Å². The molecule has 4 rings (SSSR count). The van der Waals surface area contributed by atoms with Crippen molar-refractivity contribution < 1.29 is 22.5 Å². The Morgan fingerprint density at radius 2 is 1.30 bits per heavy atom. The van der Waals surface area contributed by atoms with Crippen LogP contribution in [0.25, 0.3) is 0 Å². The molecule has 190 valence electrons. The fourth-order valence-corrected chi connectivity index (χ4v) is 5.98. The van der Waals surface area contributed by atoms with Crippen LogP contribution in [0.3, 0.4) is 0 Å². The molecule has 0 saturated carbocycles. The van der Waals surface area contributed by atoms with Gasteiger partial charge in [-0.25, -0.2) is 0 Å². The Kier molecular flexibility index (Phi) is 7.91. The van der Waals surface area contributed by atoms with Crippen molar-refractivity contribution in [3.63, 3.8) is 0 Å². The summed E-state index contributed by atoms with van der Waals surface area (Å²) in [6, 6.07) is 29.1. The first kappa shape index (κ1) is 26.3. The van der Waals surface area contributed by atoms with Crippen LogP contribution in [0.2, 0.25) is 0 Å². The van der Waals surface area contributed by atoms with Crippen LogP contribution < -0.4 is 0 Å². The first-order chi connectivity index (χ1) is 17.7. The van der Waals surface area contributed by atoms with E-state index in [4.69, 9.17) is 4.18 Å². The van der Waals surface area contributed by atoms with E-state index < -0.39 is 27.9 Å². The van der Waals surface area contributed by atoms with Gasteiger partial charge in [-0.3, -0.25) is 8.98 Å². The fourth-order valence-electron chi connectivity index (χ4n) is 4.85. The van der Waals surface area contributed by atoms with Gasteiger partial charge in [-0.1, -0.05) is 108 Å². The summed E-state index contributed by atoms with van der Waals surface area (Å²) in [6.45, 7) is 5.55. The number of rotatable bonds is 9. The first-order valence-electron chi connectivity index (χ1n) is 12.1. The Bertz CT molecular complexity index is 1440.